The van der Waals surface area contributed by atoms with Crippen molar-refractivity contribution in [1.29, 1.82) is 0 Å². The molecule has 0 aliphatic carbocycles. The van der Waals surface area contributed by atoms with E-state index in [1.54, 1.807) is 45.0 Å². The average Bonchev–Trinajstić information content (AvgIpc) is 2.61. The van der Waals surface area contributed by atoms with Gasteiger partial charge in [0.2, 0.25) is 0 Å². The summed E-state index contributed by atoms with van der Waals surface area (Å²) in [5.74, 6) is -0.552. The number of benzene rings is 2. The number of rotatable bonds is 4. The van der Waals surface area contributed by atoms with Gasteiger partial charge < -0.3 is 9.72 Å². The lowest BCUT2D eigenvalue weighted by Crippen LogP contribution is -2.42. The summed E-state index contributed by atoms with van der Waals surface area (Å²) in [4.78, 5) is 40.4. The van der Waals surface area contributed by atoms with E-state index in [4.69, 9.17) is 4.74 Å². The zero-order chi connectivity index (χ0) is 19.6. The number of aromatic nitrogens is 2. The number of aromatic amines is 1. The number of nitrogens with one attached hydrogen (secondary N) is 1. The van der Waals surface area contributed by atoms with E-state index in [1.807, 2.05) is 30.3 Å². The van der Waals surface area contributed by atoms with Crippen LogP contribution in [0.25, 0.3) is 11.0 Å². The van der Waals surface area contributed by atoms with Crippen molar-refractivity contribution < 1.29 is 9.53 Å². The molecule has 1 aromatic heterocycles. The Bertz CT molecular complexity index is 1080. The first kappa shape index (κ1) is 18.6. The number of nitrogens with zero attached hydrogens (tertiary/aromatic N) is 1. The first-order valence-corrected chi connectivity index (χ1v) is 8.76. The first-order chi connectivity index (χ1) is 12.8. The van der Waals surface area contributed by atoms with Gasteiger partial charge in [-0.1, -0.05) is 42.5 Å². The predicted molar refractivity (Wildman–Crippen MR) is 104 cm³/mol. The van der Waals surface area contributed by atoms with Crippen molar-refractivity contribution in [3.05, 3.63) is 80.9 Å². The minimum atomic E-state index is -0.952. The molecule has 0 unspecified atom stereocenters. The van der Waals surface area contributed by atoms with Crippen molar-refractivity contribution in [2.45, 2.75) is 38.8 Å². The number of ether oxygens (including phenoxy) is 1. The third-order valence-electron chi connectivity index (χ3n) is 4.09. The Morgan fingerprint density at radius 1 is 1.04 bits per heavy atom. The largest absolute Gasteiger partial charge is 0.458 e. The Kier molecular flexibility index (Phi) is 4.99. The maximum absolute atomic E-state index is 13.0. The molecule has 0 spiro atoms. The van der Waals surface area contributed by atoms with Gasteiger partial charge in [0.25, 0.3) is 0 Å². The molecule has 0 aliphatic rings. The van der Waals surface area contributed by atoms with Gasteiger partial charge in [0.1, 0.15) is 11.6 Å². The highest BCUT2D eigenvalue weighted by Crippen LogP contribution is 2.21. The summed E-state index contributed by atoms with van der Waals surface area (Å²) in [7, 11) is 0. The van der Waals surface area contributed by atoms with E-state index in [0.29, 0.717) is 11.0 Å². The molecular weight excluding hydrogens is 344 g/mol. The quantitative estimate of drug-likeness (QED) is 0.569. The van der Waals surface area contributed by atoms with Gasteiger partial charge in [-0.15, -0.1) is 0 Å². The fourth-order valence-corrected chi connectivity index (χ4v) is 2.98. The van der Waals surface area contributed by atoms with Crippen LogP contribution < -0.4 is 11.1 Å². The number of hydrogen-bond donors (Lipinski definition) is 1. The van der Waals surface area contributed by atoms with Crippen LogP contribution in [0.3, 0.4) is 0 Å². The highest BCUT2D eigenvalue weighted by Gasteiger charge is 2.29. The second kappa shape index (κ2) is 7.23. The lowest BCUT2D eigenvalue weighted by atomic mass is 10.0. The highest BCUT2D eigenvalue weighted by molar-refractivity contribution is 5.80. The monoisotopic (exact) mass is 366 g/mol. The van der Waals surface area contributed by atoms with Crippen molar-refractivity contribution in [1.82, 2.24) is 9.55 Å². The summed E-state index contributed by atoms with van der Waals surface area (Å²) in [6.45, 7) is 5.30. The molecule has 6 heteroatoms. The van der Waals surface area contributed by atoms with Gasteiger partial charge in [-0.25, -0.2) is 4.79 Å². The maximum Gasteiger partial charge on any atom is 0.330 e. The van der Waals surface area contributed by atoms with E-state index in [0.717, 1.165) is 5.56 Å². The molecule has 0 fully saturated rings. The topological polar surface area (TPSA) is 81.2 Å². The van der Waals surface area contributed by atoms with Gasteiger partial charge >= 0.3 is 17.1 Å². The Hall–Kier alpha value is -3.15. The molecule has 140 valence electrons. The summed E-state index contributed by atoms with van der Waals surface area (Å²) >= 11 is 0. The van der Waals surface area contributed by atoms with Crippen LogP contribution in [0.15, 0.2) is 64.2 Å². The molecule has 1 atom stereocenters. The Morgan fingerprint density at radius 2 is 1.67 bits per heavy atom. The number of H-pyrrole nitrogens is 1. The van der Waals surface area contributed by atoms with Gasteiger partial charge in [-0.2, -0.15) is 0 Å². The average molecular weight is 366 g/mol. The standard InChI is InChI=1S/C21H22N2O4/c1-21(2,3)27-20(26)17(13-14-9-5-4-6-10-14)23-16-12-8-7-11-15(16)22-18(24)19(23)25/h4-12,17H,13H2,1-3H3,(H,22,24)/t17-/m0/s1. The van der Waals surface area contributed by atoms with E-state index in [1.165, 1.54) is 4.57 Å². The summed E-state index contributed by atoms with van der Waals surface area (Å²) in [5.41, 5.74) is -0.426. The SMILES string of the molecule is CC(C)(C)OC(=O)[C@H](Cc1ccccc1)n1c(=O)c(=O)[nH]c2ccccc21. The van der Waals surface area contributed by atoms with E-state index in [-0.39, 0.29) is 6.42 Å². The van der Waals surface area contributed by atoms with Crippen LogP contribution in [0.1, 0.15) is 32.4 Å². The molecule has 3 rings (SSSR count). The van der Waals surface area contributed by atoms with Gasteiger partial charge in [-0.3, -0.25) is 14.2 Å². The number of para-hydroxylation sites is 2. The summed E-state index contributed by atoms with van der Waals surface area (Å²) in [6, 6.07) is 15.3. The molecule has 1 heterocycles. The number of fused-ring (bicyclic) bond motifs is 1. The molecule has 2 aromatic carbocycles. The fraction of sp³-hybridized carbons (Fsp3) is 0.286. The lowest BCUT2D eigenvalue weighted by molar-refractivity contribution is -0.159. The highest BCUT2D eigenvalue weighted by atomic mass is 16.6. The molecule has 0 saturated heterocycles. The number of carbonyl (C=O) groups is 1. The molecule has 0 amide bonds. The number of carbonyl (C=O) groups excluding carboxylic acids is 1. The molecule has 3 aromatic rings. The zero-order valence-electron chi connectivity index (χ0n) is 15.6. The maximum atomic E-state index is 13.0. The van der Waals surface area contributed by atoms with Crippen LogP contribution in [0.5, 0.6) is 0 Å². The molecule has 0 bridgehead atoms. The third-order valence-corrected chi connectivity index (χ3v) is 4.09. The van der Waals surface area contributed by atoms with Crippen LogP contribution in [0.2, 0.25) is 0 Å². The van der Waals surface area contributed by atoms with Crippen molar-refractivity contribution in [2.24, 2.45) is 0 Å². The van der Waals surface area contributed by atoms with Gasteiger partial charge in [0.15, 0.2) is 0 Å². The molecule has 6 nitrogen and oxygen atoms in total. The van der Waals surface area contributed by atoms with Gasteiger partial charge in [-0.05, 0) is 38.5 Å². The predicted octanol–water partition coefficient (Wildman–Crippen LogP) is 2.82. The van der Waals surface area contributed by atoms with Crippen molar-refractivity contribution >= 4 is 17.0 Å². The number of hydrogen-bond acceptors (Lipinski definition) is 4. The molecular formula is C21H22N2O4. The van der Waals surface area contributed by atoms with Crippen LogP contribution in [-0.4, -0.2) is 21.1 Å². The second-order valence-corrected chi connectivity index (χ2v) is 7.39. The van der Waals surface area contributed by atoms with Gasteiger partial charge in [0, 0.05) is 6.42 Å². The molecule has 1 N–H and O–H groups in total. The minimum absolute atomic E-state index is 0.239. The lowest BCUT2D eigenvalue weighted by Gasteiger charge is -2.26. The first-order valence-electron chi connectivity index (χ1n) is 8.76. The van der Waals surface area contributed by atoms with Crippen LogP contribution >= 0.6 is 0 Å². The summed E-state index contributed by atoms with van der Waals surface area (Å²) in [5, 5.41) is 0. The Balaban J connectivity index is 2.20. The van der Waals surface area contributed by atoms with Gasteiger partial charge in [0.05, 0.1) is 11.0 Å². The van der Waals surface area contributed by atoms with Crippen LogP contribution in [0, 0.1) is 0 Å². The molecule has 0 saturated carbocycles. The Morgan fingerprint density at radius 3 is 2.33 bits per heavy atom. The van der Waals surface area contributed by atoms with E-state index in [9.17, 15) is 14.4 Å². The van der Waals surface area contributed by atoms with Crippen molar-refractivity contribution in [2.75, 3.05) is 0 Å². The van der Waals surface area contributed by atoms with Crippen molar-refractivity contribution in [3.63, 3.8) is 0 Å². The van der Waals surface area contributed by atoms with E-state index >= 15 is 0 Å². The van der Waals surface area contributed by atoms with Crippen molar-refractivity contribution in [3.8, 4) is 0 Å². The third kappa shape index (κ3) is 4.16. The zero-order valence-corrected chi connectivity index (χ0v) is 15.6. The Labute approximate surface area is 156 Å². The smallest absolute Gasteiger partial charge is 0.330 e. The van der Waals surface area contributed by atoms with Crippen LogP contribution in [-0.2, 0) is 16.0 Å². The van der Waals surface area contributed by atoms with E-state index < -0.39 is 28.7 Å². The second-order valence-electron chi connectivity index (χ2n) is 7.39. The normalized spacial score (nSPS) is 12.7. The molecule has 0 aliphatic heterocycles. The fourth-order valence-electron chi connectivity index (χ4n) is 2.98. The summed E-state index contributed by atoms with van der Waals surface area (Å²) < 4.78 is 6.80. The molecule has 0 radical (unpaired) electrons. The molecule has 27 heavy (non-hydrogen) atoms. The summed E-state index contributed by atoms with van der Waals surface area (Å²) in [6.07, 6.45) is 0.239. The van der Waals surface area contributed by atoms with Crippen LogP contribution in [0.4, 0.5) is 0 Å². The minimum Gasteiger partial charge on any atom is -0.458 e. The van der Waals surface area contributed by atoms with E-state index in [2.05, 4.69) is 4.98 Å². The number of esters is 1.